The number of ether oxygens (including phenoxy) is 3. The lowest BCUT2D eigenvalue weighted by Crippen LogP contribution is -2.30. The zero-order valence-corrected chi connectivity index (χ0v) is 52.5. The normalized spacial score (nSPS) is 12.0. The fraction of sp³-hybridized carbons (Fsp3) is 0.930. The van der Waals surface area contributed by atoms with E-state index in [1.165, 1.54) is 308 Å². The molecule has 77 heavy (non-hydrogen) atoms. The summed E-state index contributed by atoms with van der Waals surface area (Å²) >= 11 is 0. The number of hydrogen-bond acceptors (Lipinski definition) is 6. The second-order valence-corrected chi connectivity index (χ2v) is 24.2. The molecule has 0 aliphatic heterocycles. The summed E-state index contributed by atoms with van der Waals surface area (Å²) in [7, 11) is 0. The van der Waals surface area contributed by atoms with E-state index in [4.69, 9.17) is 14.2 Å². The highest BCUT2D eigenvalue weighted by atomic mass is 16.6. The number of hydrogen-bond donors (Lipinski definition) is 0. The van der Waals surface area contributed by atoms with Gasteiger partial charge in [0.05, 0.1) is 0 Å². The molecule has 0 amide bonds. The molecular weight excluding hydrogens is 949 g/mol. The molecule has 0 fully saturated rings. The van der Waals surface area contributed by atoms with Crippen molar-refractivity contribution >= 4 is 17.9 Å². The predicted molar refractivity (Wildman–Crippen MR) is 335 cm³/mol. The minimum atomic E-state index is -0.767. The molecule has 0 N–H and O–H groups in total. The van der Waals surface area contributed by atoms with Crippen LogP contribution in [-0.4, -0.2) is 37.2 Å². The van der Waals surface area contributed by atoms with E-state index in [9.17, 15) is 14.4 Å². The fourth-order valence-corrected chi connectivity index (χ4v) is 11.0. The molecule has 0 bridgehead atoms. The van der Waals surface area contributed by atoms with Gasteiger partial charge in [-0.25, -0.2) is 0 Å². The average Bonchev–Trinajstić information content (AvgIpc) is 3.43. The Labute approximate surface area is 481 Å². The van der Waals surface area contributed by atoms with Crippen molar-refractivity contribution in [2.75, 3.05) is 13.2 Å². The Kier molecular flexibility index (Phi) is 65.1. The predicted octanol–water partition coefficient (Wildman–Crippen LogP) is 24.0. The van der Waals surface area contributed by atoms with E-state index in [2.05, 4.69) is 32.9 Å². The van der Waals surface area contributed by atoms with Crippen LogP contribution in [-0.2, 0) is 28.6 Å². The molecule has 0 saturated carbocycles. The Hall–Kier alpha value is -1.85. The van der Waals surface area contributed by atoms with Gasteiger partial charge in [0.1, 0.15) is 13.2 Å². The lowest BCUT2D eigenvalue weighted by Gasteiger charge is -2.18. The average molecular weight is 1090 g/mol. The van der Waals surface area contributed by atoms with Crippen molar-refractivity contribution < 1.29 is 28.6 Å². The Morgan fingerprint density at radius 3 is 0.649 bits per heavy atom. The molecule has 0 aliphatic carbocycles. The third-order valence-electron chi connectivity index (χ3n) is 16.3. The first kappa shape index (κ1) is 75.2. The summed E-state index contributed by atoms with van der Waals surface area (Å²) in [5, 5.41) is 0. The van der Waals surface area contributed by atoms with Crippen LogP contribution in [0.1, 0.15) is 406 Å². The third kappa shape index (κ3) is 64.9. The standard InChI is InChI=1S/C71H136O6/c1-4-7-10-13-16-19-22-25-28-31-34-35-38-40-43-46-49-52-55-58-61-64-70(73)76-67-68(77-71(74)65-62-59-56-53-50-47-44-41-37-33-30-27-24-21-18-15-12-9-6-3)66-75-69(72)63-60-57-54-51-48-45-42-39-36-32-29-26-23-20-17-14-11-8-5-2/h31,34,68H,4-30,32-33,35-67H2,1-3H3/b34-31-. The monoisotopic (exact) mass is 1090 g/mol. The van der Waals surface area contributed by atoms with Gasteiger partial charge in [0.25, 0.3) is 0 Å². The summed E-state index contributed by atoms with van der Waals surface area (Å²) < 4.78 is 17.0. The molecule has 6 heteroatoms. The van der Waals surface area contributed by atoms with E-state index in [1.807, 2.05) is 0 Å². The Balaban J connectivity index is 4.29. The maximum absolute atomic E-state index is 13.0. The zero-order chi connectivity index (χ0) is 55.7. The van der Waals surface area contributed by atoms with Crippen LogP contribution in [0.4, 0.5) is 0 Å². The molecule has 6 nitrogen and oxygen atoms in total. The summed E-state index contributed by atoms with van der Waals surface area (Å²) in [6.07, 6.45) is 79.4. The first-order valence-corrected chi connectivity index (χ1v) is 35.2. The second kappa shape index (κ2) is 66.7. The zero-order valence-electron chi connectivity index (χ0n) is 52.5. The van der Waals surface area contributed by atoms with Crippen LogP contribution in [0.3, 0.4) is 0 Å². The Bertz CT molecular complexity index is 1200. The van der Waals surface area contributed by atoms with Gasteiger partial charge in [-0.3, -0.25) is 14.4 Å². The van der Waals surface area contributed by atoms with Gasteiger partial charge in [-0.05, 0) is 44.9 Å². The molecule has 1 unspecified atom stereocenters. The number of allylic oxidation sites excluding steroid dienone is 2. The van der Waals surface area contributed by atoms with Crippen molar-refractivity contribution in [3.8, 4) is 0 Å². The van der Waals surface area contributed by atoms with Crippen molar-refractivity contribution in [3.63, 3.8) is 0 Å². The number of rotatable bonds is 66. The molecule has 0 spiro atoms. The number of carbonyl (C=O) groups is 3. The van der Waals surface area contributed by atoms with E-state index >= 15 is 0 Å². The van der Waals surface area contributed by atoms with Crippen molar-refractivity contribution in [1.29, 1.82) is 0 Å². The van der Waals surface area contributed by atoms with Gasteiger partial charge >= 0.3 is 17.9 Å². The van der Waals surface area contributed by atoms with Gasteiger partial charge < -0.3 is 14.2 Å². The second-order valence-electron chi connectivity index (χ2n) is 24.2. The third-order valence-corrected chi connectivity index (χ3v) is 16.3. The SMILES string of the molecule is CCCCCCCCCC/C=C\CCCCCCCCCCCC(=O)OCC(COC(=O)CCCCCCCCCCCCCCCCCCCCC)OC(=O)CCCCCCCCCCCCCCCCCCCCC. The van der Waals surface area contributed by atoms with Crippen LogP contribution in [0.15, 0.2) is 12.2 Å². The van der Waals surface area contributed by atoms with Crippen LogP contribution in [0.25, 0.3) is 0 Å². The van der Waals surface area contributed by atoms with Crippen LogP contribution < -0.4 is 0 Å². The first-order chi connectivity index (χ1) is 38.0. The van der Waals surface area contributed by atoms with Crippen LogP contribution in [0.5, 0.6) is 0 Å². The molecule has 0 aromatic carbocycles. The molecule has 0 saturated heterocycles. The smallest absolute Gasteiger partial charge is 0.306 e. The molecule has 0 radical (unpaired) electrons. The van der Waals surface area contributed by atoms with Gasteiger partial charge in [0.15, 0.2) is 6.10 Å². The Morgan fingerprint density at radius 2 is 0.429 bits per heavy atom. The van der Waals surface area contributed by atoms with Gasteiger partial charge in [-0.2, -0.15) is 0 Å². The summed E-state index contributed by atoms with van der Waals surface area (Å²) in [5.74, 6) is -0.828. The molecule has 456 valence electrons. The van der Waals surface area contributed by atoms with Gasteiger partial charge in [-0.1, -0.05) is 354 Å². The summed E-state index contributed by atoms with van der Waals surface area (Å²) in [6, 6.07) is 0. The number of unbranched alkanes of at least 4 members (excludes halogenated alkanes) is 53. The summed E-state index contributed by atoms with van der Waals surface area (Å²) in [5.41, 5.74) is 0. The van der Waals surface area contributed by atoms with Crippen molar-refractivity contribution in [2.45, 2.75) is 412 Å². The van der Waals surface area contributed by atoms with E-state index in [1.54, 1.807) is 0 Å². The van der Waals surface area contributed by atoms with Gasteiger partial charge in [0, 0.05) is 19.3 Å². The number of carbonyl (C=O) groups excluding carboxylic acids is 3. The maximum Gasteiger partial charge on any atom is 0.306 e. The van der Waals surface area contributed by atoms with Crippen molar-refractivity contribution in [2.24, 2.45) is 0 Å². The van der Waals surface area contributed by atoms with E-state index < -0.39 is 6.10 Å². The first-order valence-electron chi connectivity index (χ1n) is 35.2. The van der Waals surface area contributed by atoms with Gasteiger partial charge in [0.2, 0.25) is 0 Å². The van der Waals surface area contributed by atoms with Gasteiger partial charge in [-0.15, -0.1) is 0 Å². The lowest BCUT2D eigenvalue weighted by atomic mass is 10.0. The molecule has 0 heterocycles. The minimum absolute atomic E-state index is 0.0633. The minimum Gasteiger partial charge on any atom is -0.462 e. The van der Waals surface area contributed by atoms with Crippen LogP contribution >= 0.6 is 0 Å². The summed E-state index contributed by atoms with van der Waals surface area (Å²) in [4.78, 5) is 38.5. The molecular formula is C71H136O6. The highest BCUT2D eigenvalue weighted by molar-refractivity contribution is 5.71. The number of esters is 3. The topological polar surface area (TPSA) is 78.9 Å². The van der Waals surface area contributed by atoms with Crippen molar-refractivity contribution in [1.82, 2.24) is 0 Å². The molecule has 1 atom stereocenters. The molecule has 0 aromatic heterocycles. The quantitative estimate of drug-likeness (QED) is 0.0261. The highest BCUT2D eigenvalue weighted by Crippen LogP contribution is 2.19. The maximum atomic E-state index is 13.0. The highest BCUT2D eigenvalue weighted by Gasteiger charge is 2.19. The van der Waals surface area contributed by atoms with E-state index in [0.717, 1.165) is 57.8 Å². The molecule has 0 aliphatic rings. The largest absolute Gasteiger partial charge is 0.462 e. The van der Waals surface area contributed by atoms with Crippen LogP contribution in [0.2, 0.25) is 0 Å². The Morgan fingerprint density at radius 1 is 0.247 bits per heavy atom. The molecule has 0 rings (SSSR count). The molecule has 0 aromatic rings. The van der Waals surface area contributed by atoms with E-state index in [0.29, 0.717) is 19.3 Å². The van der Waals surface area contributed by atoms with E-state index in [-0.39, 0.29) is 31.1 Å². The lowest BCUT2D eigenvalue weighted by molar-refractivity contribution is -0.167. The summed E-state index contributed by atoms with van der Waals surface area (Å²) in [6.45, 7) is 6.74. The van der Waals surface area contributed by atoms with Crippen molar-refractivity contribution in [3.05, 3.63) is 12.2 Å². The van der Waals surface area contributed by atoms with Crippen LogP contribution in [0, 0.1) is 0 Å². The fourth-order valence-electron chi connectivity index (χ4n) is 11.0.